The van der Waals surface area contributed by atoms with Crippen LogP contribution in [0.4, 0.5) is 0 Å². The monoisotopic (exact) mass is 673 g/mol. The molecule has 1 N–H and O–H groups in total. The number of carbonyl (C=O) groups is 1. The molecular weight excluding hydrogens is 666 g/mol. The summed E-state index contributed by atoms with van der Waals surface area (Å²) in [4.78, 5) is 12.3. The largest absolute Gasteiger partial charge is 0.268 e. The number of rotatable bonds is 3. The van der Waals surface area contributed by atoms with Crippen molar-refractivity contribution in [1.82, 2.24) is 4.72 Å². The van der Waals surface area contributed by atoms with Gasteiger partial charge in [0.25, 0.3) is 15.9 Å². The Morgan fingerprint density at radius 3 is 2.41 bits per heavy atom. The van der Waals surface area contributed by atoms with Crippen LogP contribution < -0.4 is 4.72 Å². The number of carbonyl (C=O) groups excluding carboxylic acids is 1. The van der Waals surface area contributed by atoms with E-state index in [0.717, 1.165) is 7.14 Å². The third-order valence-electron chi connectivity index (χ3n) is 2.57. The first-order chi connectivity index (χ1) is 10.2. The highest BCUT2D eigenvalue weighted by Gasteiger charge is 2.21. The quantitative estimate of drug-likeness (QED) is 0.392. The van der Waals surface area contributed by atoms with E-state index in [4.69, 9.17) is 11.6 Å². The van der Waals surface area contributed by atoms with Crippen LogP contribution in [0.15, 0.2) is 41.3 Å². The van der Waals surface area contributed by atoms with Gasteiger partial charge in [0.15, 0.2) is 0 Å². The summed E-state index contributed by atoms with van der Waals surface area (Å²) < 4.78 is 29.0. The Kier molecular flexibility index (Phi) is 6.36. The van der Waals surface area contributed by atoms with E-state index in [1.807, 2.05) is 28.7 Å². The van der Waals surface area contributed by atoms with E-state index < -0.39 is 15.9 Å². The van der Waals surface area contributed by atoms with Crippen molar-refractivity contribution in [3.8, 4) is 0 Å². The Labute approximate surface area is 173 Å². The number of hydrogen-bond acceptors (Lipinski definition) is 3. The second-order valence-electron chi connectivity index (χ2n) is 4.14. The lowest BCUT2D eigenvalue weighted by atomic mass is 10.2. The molecule has 2 rings (SSSR count). The van der Waals surface area contributed by atoms with Gasteiger partial charge in [-0.05, 0) is 98.1 Å². The lowest BCUT2D eigenvalue weighted by Gasteiger charge is -2.10. The standard InChI is InChI=1S/C13H7ClI3NO3S/c14-7-2-1-3-9(4-7)22(20,21)18-13(19)10-5-8(15)6-11(16)12(10)17/h1-6H,(H,18,19). The van der Waals surface area contributed by atoms with Gasteiger partial charge in [0.1, 0.15) is 0 Å². The molecule has 0 saturated carbocycles. The summed E-state index contributed by atoms with van der Waals surface area (Å²) >= 11 is 12.0. The SMILES string of the molecule is O=C(NS(=O)(=O)c1cccc(Cl)c1)c1cc(I)cc(I)c1I. The molecule has 9 heteroatoms. The zero-order chi connectivity index (χ0) is 16.5. The van der Waals surface area contributed by atoms with Crippen molar-refractivity contribution in [2.24, 2.45) is 0 Å². The van der Waals surface area contributed by atoms with Crippen LogP contribution in [0, 0.1) is 10.7 Å². The Morgan fingerprint density at radius 1 is 1.09 bits per heavy atom. The van der Waals surface area contributed by atoms with Crippen LogP contribution in [-0.2, 0) is 10.0 Å². The summed E-state index contributed by atoms with van der Waals surface area (Å²) in [5.74, 6) is -0.666. The van der Waals surface area contributed by atoms with Crippen LogP contribution in [0.2, 0.25) is 5.02 Å². The van der Waals surface area contributed by atoms with Crippen LogP contribution in [0.1, 0.15) is 10.4 Å². The maximum absolute atomic E-state index is 12.3. The molecule has 0 aromatic heterocycles. The number of sulfonamides is 1. The second-order valence-corrected chi connectivity index (χ2v) is 9.75. The minimum atomic E-state index is -3.96. The molecule has 0 aliphatic rings. The van der Waals surface area contributed by atoms with Crippen molar-refractivity contribution in [2.45, 2.75) is 4.90 Å². The van der Waals surface area contributed by atoms with Gasteiger partial charge in [0.2, 0.25) is 0 Å². The second kappa shape index (κ2) is 7.49. The van der Waals surface area contributed by atoms with Gasteiger partial charge in [-0.1, -0.05) is 17.7 Å². The maximum atomic E-state index is 12.3. The van der Waals surface area contributed by atoms with E-state index in [1.165, 1.54) is 18.2 Å². The minimum absolute atomic E-state index is 0.0521. The number of nitrogens with one attached hydrogen (secondary N) is 1. The molecule has 2 aromatic carbocycles. The molecule has 0 atom stereocenters. The van der Waals surface area contributed by atoms with Crippen LogP contribution in [0.3, 0.4) is 0 Å². The number of benzene rings is 2. The lowest BCUT2D eigenvalue weighted by molar-refractivity contribution is 0.0980. The van der Waals surface area contributed by atoms with Crippen molar-refractivity contribution in [3.05, 3.63) is 57.7 Å². The summed E-state index contributed by atoms with van der Waals surface area (Å²) in [6, 6.07) is 9.30. The summed E-state index contributed by atoms with van der Waals surface area (Å²) in [5, 5.41) is 0.286. The van der Waals surface area contributed by atoms with E-state index >= 15 is 0 Å². The molecule has 0 aliphatic heterocycles. The molecular formula is C13H7ClI3NO3S. The third kappa shape index (κ3) is 4.45. The van der Waals surface area contributed by atoms with Crippen molar-refractivity contribution in [3.63, 3.8) is 0 Å². The first kappa shape index (κ1) is 18.7. The van der Waals surface area contributed by atoms with Crippen LogP contribution in [-0.4, -0.2) is 14.3 Å². The Bertz CT molecular complexity index is 856. The smallest absolute Gasteiger partial charge is 0.266 e. The molecule has 0 unspecified atom stereocenters. The van der Waals surface area contributed by atoms with E-state index in [0.29, 0.717) is 9.13 Å². The molecule has 4 nitrogen and oxygen atoms in total. The van der Waals surface area contributed by atoms with Crippen molar-refractivity contribution in [1.29, 1.82) is 0 Å². The first-order valence-electron chi connectivity index (χ1n) is 5.68. The molecule has 0 saturated heterocycles. The molecule has 0 spiro atoms. The van der Waals surface area contributed by atoms with Crippen LogP contribution >= 0.6 is 79.4 Å². The fraction of sp³-hybridized carbons (Fsp3) is 0. The van der Waals surface area contributed by atoms with Crippen molar-refractivity contribution < 1.29 is 13.2 Å². The average molecular weight is 673 g/mol. The highest BCUT2D eigenvalue weighted by molar-refractivity contribution is 14.1. The molecule has 22 heavy (non-hydrogen) atoms. The summed E-state index contributed by atoms with van der Waals surface area (Å²) in [6.45, 7) is 0. The fourth-order valence-electron chi connectivity index (χ4n) is 1.59. The zero-order valence-electron chi connectivity index (χ0n) is 10.6. The Balaban J connectivity index is 2.37. The van der Waals surface area contributed by atoms with Gasteiger partial charge in [-0.3, -0.25) is 4.79 Å². The molecule has 116 valence electrons. The molecule has 0 heterocycles. The maximum Gasteiger partial charge on any atom is 0.266 e. The van der Waals surface area contributed by atoms with Crippen LogP contribution in [0.25, 0.3) is 0 Å². The number of amides is 1. The van der Waals surface area contributed by atoms with Gasteiger partial charge >= 0.3 is 0 Å². The third-order valence-corrected chi connectivity index (χ3v) is 7.80. The normalized spacial score (nSPS) is 11.3. The molecule has 0 bridgehead atoms. The van der Waals surface area contributed by atoms with E-state index in [2.05, 4.69) is 49.9 Å². The van der Waals surface area contributed by atoms with E-state index in [1.54, 1.807) is 12.1 Å². The van der Waals surface area contributed by atoms with Gasteiger partial charge in [-0.2, -0.15) is 0 Å². The van der Waals surface area contributed by atoms with Gasteiger partial charge in [-0.25, -0.2) is 13.1 Å². The van der Waals surface area contributed by atoms with E-state index in [9.17, 15) is 13.2 Å². The summed E-state index contributed by atoms with van der Waals surface area (Å²) in [6.07, 6.45) is 0. The number of halogens is 4. The topological polar surface area (TPSA) is 63.2 Å². The Morgan fingerprint density at radius 2 is 1.77 bits per heavy atom. The molecule has 0 fully saturated rings. The first-order valence-corrected chi connectivity index (χ1v) is 10.8. The van der Waals surface area contributed by atoms with Crippen molar-refractivity contribution in [2.75, 3.05) is 0 Å². The predicted molar refractivity (Wildman–Crippen MR) is 111 cm³/mol. The lowest BCUT2D eigenvalue weighted by Crippen LogP contribution is -2.31. The fourth-order valence-corrected chi connectivity index (χ4v) is 5.26. The average Bonchev–Trinajstić information content (AvgIpc) is 2.42. The highest BCUT2D eigenvalue weighted by Crippen LogP contribution is 2.23. The molecule has 0 aliphatic carbocycles. The molecule has 1 amide bonds. The zero-order valence-corrected chi connectivity index (χ0v) is 18.7. The highest BCUT2D eigenvalue weighted by atomic mass is 127. The van der Waals surface area contributed by atoms with Crippen molar-refractivity contribution >= 4 is 95.3 Å². The van der Waals surface area contributed by atoms with Gasteiger partial charge in [-0.15, -0.1) is 0 Å². The summed E-state index contributed by atoms with van der Waals surface area (Å²) in [7, 11) is -3.96. The van der Waals surface area contributed by atoms with Gasteiger partial charge < -0.3 is 0 Å². The Hall–Kier alpha value is 0.340. The van der Waals surface area contributed by atoms with Crippen LogP contribution in [0.5, 0.6) is 0 Å². The summed E-state index contributed by atoms with van der Waals surface area (Å²) in [5.41, 5.74) is 0.322. The van der Waals surface area contributed by atoms with Gasteiger partial charge in [0, 0.05) is 15.7 Å². The predicted octanol–water partition coefficient (Wildman–Crippen LogP) is 4.27. The van der Waals surface area contributed by atoms with E-state index in [-0.39, 0.29) is 9.92 Å². The molecule has 0 radical (unpaired) electrons. The minimum Gasteiger partial charge on any atom is -0.268 e. The number of hydrogen-bond donors (Lipinski definition) is 1. The molecule has 2 aromatic rings. The van der Waals surface area contributed by atoms with Gasteiger partial charge in [0.05, 0.1) is 10.5 Å².